The van der Waals surface area contributed by atoms with Crippen LogP contribution in [0.3, 0.4) is 0 Å². The van der Waals surface area contributed by atoms with E-state index in [4.69, 9.17) is 5.11 Å². The molecule has 16 heavy (non-hydrogen) atoms. The third-order valence-corrected chi connectivity index (χ3v) is 2.98. The summed E-state index contributed by atoms with van der Waals surface area (Å²) >= 11 is 3.06. The van der Waals surface area contributed by atoms with Gasteiger partial charge in [-0.2, -0.15) is 8.78 Å². The molecule has 0 aromatic heterocycles. The first-order valence-electron chi connectivity index (χ1n) is 4.34. The van der Waals surface area contributed by atoms with E-state index < -0.39 is 11.4 Å². The number of ketones is 1. The van der Waals surface area contributed by atoms with Gasteiger partial charge in [0.15, 0.2) is 0 Å². The highest BCUT2D eigenvalue weighted by molar-refractivity contribution is 9.09. The van der Waals surface area contributed by atoms with Crippen LogP contribution in [0.5, 0.6) is 11.5 Å². The van der Waals surface area contributed by atoms with Crippen molar-refractivity contribution in [2.24, 2.45) is 0 Å². The van der Waals surface area contributed by atoms with E-state index in [0.717, 1.165) is 6.07 Å². The molecule has 88 valence electrons. The molecule has 0 radical (unpaired) electrons. The summed E-state index contributed by atoms with van der Waals surface area (Å²) in [6.45, 7) is -1.69. The van der Waals surface area contributed by atoms with E-state index in [1.165, 1.54) is 19.1 Å². The maximum absolute atomic E-state index is 12.1. The summed E-state index contributed by atoms with van der Waals surface area (Å²) in [6, 6.07) is 3.69. The van der Waals surface area contributed by atoms with Gasteiger partial charge in [-0.15, -0.1) is 0 Å². The Bertz CT molecular complexity index is 396. The fourth-order valence-corrected chi connectivity index (χ4v) is 1.53. The molecular formula is C10H9BrF2O3. The van der Waals surface area contributed by atoms with Crippen LogP contribution in [0.25, 0.3) is 0 Å². The summed E-state index contributed by atoms with van der Waals surface area (Å²) < 4.78 is 28.4. The topological polar surface area (TPSA) is 46.5 Å². The van der Waals surface area contributed by atoms with Gasteiger partial charge in [0.05, 0.1) is 0 Å². The second kappa shape index (κ2) is 5.25. The number of alkyl halides is 3. The zero-order valence-electron chi connectivity index (χ0n) is 8.28. The van der Waals surface area contributed by atoms with Crippen molar-refractivity contribution in [3.63, 3.8) is 0 Å². The van der Waals surface area contributed by atoms with Gasteiger partial charge in [0, 0.05) is 11.6 Å². The fourth-order valence-electron chi connectivity index (χ4n) is 1.15. The molecular weight excluding hydrogens is 286 g/mol. The molecule has 3 nitrogen and oxygen atoms in total. The highest BCUT2D eigenvalue weighted by Crippen LogP contribution is 2.35. The summed E-state index contributed by atoms with van der Waals surface area (Å²) in [4.78, 5) is 10.4. The molecule has 0 fully saturated rings. The Labute approximate surface area is 99.2 Å². The molecule has 0 aliphatic carbocycles. The fraction of sp³-hybridized carbons (Fsp3) is 0.300. The number of Topliss-reactive ketones (excluding diaryl/α,β-unsaturated/α-hetero) is 1. The van der Waals surface area contributed by atoms with Gasteiger partial charge in [-0.25, -0.2) is 0 Å². The molecule has 0 aliphatic rings. The van der Waals surface area contributed by atoms with E-state index in [9.17, 15) is 13.6 Å². The van der Waals surface area contributed by atoms with E-state index >= 15 is 0 Å². The van der Waals surface area contributed by atoms with Crippen LogP contribution in [0.1, 0.15) is 17.3 Å². The maximum atomic E-state index is 12.1. The van der Waals surface area contributed by atoms with Crippen molar-refractivity contribution in [1.82, 2.24) is 0 Å². The monoisotopic (exact) mass is 294 g/mol. The van der Waals surface area contributed by atoms with Crippen molar-refractivity contribution < 1.29 is 23.4 Å². The average molecular weight is 295 g/mol. The van der Waals surface area contributed by atoms with Crippen LogP contribution >= 0.6 is 15.9 Å². The zero-order chi connectivity index (χ0) is 12.3. The number of carbonyl (C=O) groups excluding carboxylic acids is 1. The van der Waals surface area contributed by atoms with E-state index in [1.54, 1.807) is 0 Å². The Balaban J connectivity index is 3.11. The number of phenolic OH excluding ortho intramolecular Hbond substituents is 1. The molecule has 1 atom stereocenters. The summed E-state index contributed by atoms with van der Waals surface area (Å²) in [5.74, 6) is -0.667. The molecule has 0 amide bonds. The van der Waals surface area contributed by atoms with Gasteiger partial charge in [0.25, 0.3) is 0 Å². The second-order valence-corrected chi connectivity index (χ2v) is 3.99. The summed E-state index contributed by atoms with van der Waals surface area (Å²) in [6.07, 6.45) is 0. The van der Waals surface area contributed by atoms with Crippen LogP contribution in [-0.2, 0) is 4.79 Å². The van der Waals surface area contributed by atoms with Gasteiger partial charge in [0.2, 0.25) is 0 Å². The molecule has 0 aliphatic heterocycles. The van der Waals surface area contributed by atoms with E-state index in [2.05, 4.69) is 20.7 Å². The third kappa shape index (κ3) is 3.16. The van der Waals surface area contributed by atoms with Gasteiger partial charge in [-0.3, -0.25) is 4.79 Å². The predicted molar refractivity (Wildman–Crippen MR) is 57.1 cm³/mol. The predicted octanol–water partition coefficient (Wildman–Crippen LogP) is 3.02. The van der Waals surface area contributed by atoms with Gasteiger partial charge in [-0.1, -0.05) is 22.0 Å². The Kier molecular flexibility index (Phi) is 4.23. The number of hydrogen-bond donors (Lipinski definition) is 1. The number of ether oxygens (including phenoxy) is 1. The van der Waals surface area contributed by atoms with Crippen molar-refractivity contribution in [2.75, 3.05) is 0 Å². The zero-order valence-corrected chi connectivity index (χ0v) is 9.87. The Hall–Kier alpha value is -1.17. The standard InChI is InChI=1S/C10H9BrF2O3/c1-5(14)9(11)7-3-2-6(15)4-8(7)16-10(12)13/h2-4,9-10,15H,1H3. The van der Waals surface area contributed by atoms with Crippen LogP contribution in [0.2, 0.25) is 0 Å². The highest BCUT2D eigenvalue weighted by Gasteiger charge is 2.19. The molecule has 1 aromatic rings. The quantitative estimate of drug-likeness (QED) is 0.869. The number of benzene rings is 1. The molecule has 0 saturated heterocycles. The molecule has 1 unspecified atom stereocenters. The van der Waals surface area contributed by atoms with Crippen molar-refractivity contribution in [3.05, 3.63) is 23.8 Å². The van der Waals surface area contributed by atoms with Gasteiger partial charge in [0.1, 0.15) is 22.1 Å². The SMILES string of the molecule is CC(=O)C(Br)c1ccc(O)cc1OC(F)F. The van der Waals surface area contributed by atoms with Crippen LogP contribution < -0.4 is 4.74 Å². The summed E-state index contributed by atoms with van der Waals surface area (Å²) in [7, 11) is 0. The summed E-state index contributed by atoms with van der Waals surface area (Å²) in [5, 5.41) is 9.15. The number of halogens is 3. The van der Waals surface area contributed by atoms with Crippen LogP contribution in [0.4, 0.5) is 8.78 Å². The van der Waals surface area contributed by atoms with Crippen LogP contribution in [-0.4, -0.2) is 17.5 Å². The summed E-state index contributed by atoms with van der Waals surface area (Å²) in [5.41, 5.74) is 0.255. The molecule has 0 spiro atoms. The van der Waals surface area contributed by atoms with Crippen molar-refractivity contribution >= 4 is 21.7 Å². The number of aromatic hydroxyl groups is 1. The first-order chi connectivity index (χ1) is 7.41. The molecule has 6 heteroatoms. The lowest BCUT2D eigenvalue weighted by Gasteiger charge is -2.13. The number of hydrogen-bond acceptors (Lipinski definition) is 3. The minimum atomic E-state index is -3.01. The minimum Gasteiger partial charge on any atom is -0.508 e. The van der Waals surface area contributed by atoms with Gasteiger partial charge >= 0.3 is 6.61 Å². The van der Waals surface area contributed by atoms with E-state index in [-0.39, 0.29) is 22.8 Å². The largest absolute Gasteiger partial charge is 0.508 e. The molecule has 1 N–H and O–H groups in total. The minimum absolute atomic E-state index is 0.206. The second-order valence-electron chi connectivity index (χ2n) is 3.07. The Morgan fingerprint density at radius 2 is 2.12 bits per heavy atom. The third-order valence-electron chi connectivity index (χ3n) is 1.84. The van der Waals surface area contributed by atoms with E-state index in [0.29, 0.717) is 0 Å². The Morgan fingerprint density at radius 3 is 2.62 bits per heavy atom. The smallest absolute Gasteiger partial charge is 0.387 e. The Morgan fingerprint density at radius 1 is 1.50 bits per heavy atom. The van der Waals surface area contributed by atoms with Crippen LogP contribution in [0, 0.1) is 0 Å². The first-order valence-corrected chi connectivity index (χ1v) is 5.25. The average Bonchev–Trinajstić information content (AvgIpc) is 2.15. The number of carbonyl (C=O) groups is 1. The first kappa shape index (κ1) is 12.9. The normalized spacial score (nSPS) is 12.6. The number of phenols is 1. The van der Waals surface area contributed by atoms with Crippen molar-refractivity contribution in [1.29, 1.82) is 0 Å². The van der Waals surface area contributed by atoms with Crippen LogP contribution in [0.15, 0.2) is 18.2 Å². The van der Waals surface area contributed by atoms with Gasteiger partial charge < -0.3 is 9.84 Å². The highest BCUT2D eigenvalue weighted by atomic mass is 79.9. The molecule has 0 heterocycles. The lowest BCUT2D eigenvalue weighted by atomic mass is 10.1. The molecule has 1 rings (SSSR count). The number of rotatable bonds is 4. The maximum Gasteiger partial charge on any atom is 0.387 e. The molecule has 0 bridgehead atoms. The van der Waals surface area contributed by atoms with Crippen molar-refractivity contribution in [2.45, 2.75) is 18.4 Å². The van der Waals surface area contributed by atoms with Crippen molar-refractivity contribution in [3.8, 4) is 11.5 Å². The molecule has 1 aromatic carbocycles. The lowest BCUT2D eigenvalue weighted by molar-refractivity contribution is -0.116. The van der Waals surface area contributed by atoms with E-state index in [1.807, 2.05) is 0 Å². The lowest BCUT2D eigenvalue weighted by Crippen LogP contribution is -2.08. The van der Waals surface area contributed by atoms with Gasteiger partial charge in [-0.05, 0) is 13.0 Å². The molecule has 0 saturated carbocycles.